The van der Waals surface area contributed by atoms with Crippen LogP contribution >= 0.6 is 0 Å². The van der Waals surface area contributed by atoms with Gasteiger partial charge in [0.15, 0.2) is 0 Å². The van der Waals surface area contributed by atoms with Gasteiger partial charge in [-0.2, -0.15) is 13.2 Å². The Labute approximate surface area is 330 Å². The maximum atomic E-state index is 15.6. The van der Waals surface area contributed by atoms with Crippen molar-refractivity contribution in [3.05, 3.63) is 106 Å². The molecule has 1 unspecified atom stereocenters. The zero-order valence-corrected chi connectivity index (χ0v) is 31.6. The first-order valence-electron chi connectivity index (χ1n) is 18.8. The Morgan fingerprint density at radius 1 is 0.879 bits per heavy atom. The number of nitrogens with one attached hydrogen (secondary N) is 5. The highest BCUT2D eigenvalue weighted by molar-refractivity contribution is 6.23. The number of fused-ring (bicyclic) bond motifs is 1. The highest BCUT2D eigenvalue weighted by atomic mass is 19.4. The number of carbonyl (C=O) groups is 5. The van der Waals surface area contributed by atoms with Gasteiger partial charge in [0.2, 0.25) is 11.8 Å². The second-order valence-electron chi connectivity index (χ2n) is 14.3. The van der Waals surface area contributed by atoms with Crippen molar-refractivity contribution in [2.45, 2.75) is 63.8 Å². The molecule has 5 N–H and O–H groups in total. The molecule has 13 nitrogen and oxygen atoms in total. The Morgan fingerprint density at radius 3 is 2.33 bits per heavy atom. The second-order valence-corrected chi connectivity index (χ2v) is 14.3. The topological polar surface area (TPSA) is 165 Å². The van der Waals surface area contributed by atoms with Gasteiger partial charge in [-0.1, -0.05) is 19.1 Å². The average molecular weight is 801 g/mol. The molecule has 0 spiro atoms. The van der Waals surface area contributed by atoms with Gasteiger partial charge in [0.1, 0.15) is 17.7 Å². The number of piperidine rings is 2. The van der Waals surface area contributed by atoms with Gasteiger partial charge in [-0.05, 0) is 73.7 Å². The quantitative estimate of drug-likeness (QED) is 0.0925. The van der Waals surface area contributed by atoms with Gasteiger partial charge in [-0.15, -0.1) is 0 Å². The third-order valence-electron chi connectivity index (χ3n) is 10.7. The number of anilines is 5. The number of nitrogens with zero attached hydrogens (tertiary/aromatic N) is 3. The van der Waals surface area contributed by atoms with Crippen LogP contribution in [0.25, 0.3) is 0 Å². The number of hydrogen-bond donors (Lipinski definition) is 5. The molecule has 0 saturated carbocycles. The molecule has 4 aromatic rings. The van der Waals surface area contributed by atoms with Gasteiger partial charge in [-0.25, -0.2) is 9.37 Å². The minimum Gasteiger partial charge on any atom is -0.371 e. The number of aryl methyl sites for hydroxylation is 1. The van der Waals surface area contributed by atoms with Crippen molar-refractivity contribution in [1.82, 2.24) is 25.8 Å². The number of rotatable bonds is 11. The Balaban J connectivity index is 0.989. The first-order chi connectivity index (χ1) is 27.7. The third kappa shape index (κ3) is 8.07. The summed E-state index contributed by atoms with van der Waals surface area (Å²) < 4.78 is 57.7. The van der Waals surface area contributed by atoms with Crippen molar-refractivity contribution in [2.24, 2.45) is 0 Å². The minimum atomic E-state index is -4.76. The summed E-state index contributed by atoms with van der Waals surface area (Å²) in [6, 6.07) is 14.4. The lowest BCUT2D eigenvalue weighted by molar-refractivity contribution is -0.137. The summed E-state index contributed by atoms with van der Waals surface area (Å²) in [5.41, 5.74) is 1.57. The molecule has 58 heavy (non-hydrogen) atoms. The SMILES string of the molecule is CCc1cc(CNC2CCN(c3ccc4c(c3)C(=O)N(C3CCC(=O)NC3=O)C4=O)CC2)c(F)cc1Nc1cc(Nc2ccccc2C(=O)NC)c(C(F)(F)F)cn1. The smallest absolute Gasteiger partial charge is 0.371 e. The predicted molar refractivity (Wildman–Crippen MR) is 207 cm³/mol. The number of aromatic nitrogens is 1. The Bertz CT molecular complexity index is 2310. The van der Waals surface area contributed by atoms with Crippen LogP contribution in [0.5, 0.6) is 0 Å². The van der Waals surface area contributed by atoms with Crippen LogP contribution in [-0.4, -0.2) is 71.6 Å². The van der Waals surface area contributed by atoms with E-state index in [1.165, 1.54) is 31.3 Å². The van der Waals surface area contributed by atoms with E-state index in [9.17, 15) is 37.1 Å². The van der Waals surface area contributed by atoms with Crippen LogP contribution in [-0.2, 0) is 28.7 Å². The standard InChI is InChI=1S/C41H40F4N8O5/c1-3-22-16-23(30(42)18-32(22)50-35-19-33(29(21-48-35)41(43,44)45)49-31-7-5-4-6-27(31)37(55)46-2)20-47-24-12-14-52(15-13-24)25-8-9-26-28(17-25)40(58)53(39(26)57)34-10-11-36(54)51-38(34)56/h4-9,16-19,21,24,34,47H,3,10-15,20H2,1-2H3,(H,46,55)(H2,48,49,50)(H,51,54,56). The molecule has 4 heterocycles. The van der Waals surface area contributed by atoms with Gasteiger partial charge >= 0.3 is 6.18 Å². The Kier molecular flexibility index (Phi) is 11.2. The van der Waals surface area contributed by atoms with Crippen LogP contribution in [0.15, 0.2) is 66.9 Å². The number of benzene rings is 3. The molecular weight excluding hydrogens is 760 g/mol. The summed E-state index contributed by atoms with van der Waals surface area (Å²) in [7, 11) is 1.42. The van der Waals surface area contributed by atoms with Gasteiger partial charge in [0, 0.05) is 68.3 Å². The molecule has 302 valence electrons. The molecule has 17 heteroatoms. The number of para-hydroxylation sites is 1. The van der Waals surface area contributed by atoms with Crippen LogP contribution in [0.3, 0.4) is 0 Å². The Hall–Kier alpha value is -6.36. The van der Waals surface area contributed by atoms with E-state index in [1.807, 2.05) is 6.92 Å². The van der Waals surface area contributed by atoms with Crippen molar-refractivity contribution in [3.63, 3.8) is 0 Å². The molecule has 0 aliphatic carbocycles. The van der Waals surface area contributed by atoms with Crippen molar-refractivity contribution in [1.29, 1.82) is 0 Å². The van der Waals surface area contributed by atoms with Crippen LogP contribution in [0.1, 0.15) is 80.4 Å². The predicted octanol–water partition coefficient (Wildman–Crippen LogP) is 5.81. The molecule has 3 aliphatic rings. The fourth-order valence-corrected chi connectivity index (χ4v) is 7.53. The summed E-state index contributed by atoms with van der Waals surface area (Å²) in [6.45, 7) is 3.35. The van der Waals surface area contributed by atoms with E-state index < -0.39 is 53.1 Å². The van der Waals surface area contributed by atoms with Gasteiger partial charge in [0.05, 0.1) is 33.6 Å². The number of amides is 5. The number of hydrogen-bond acceptors (Lipinski definition) is 10. The highest BCUT2D eigenvalue weighted by Crippen LogP contribution is 2.38. The normalized spacial score (nSPS) is 17.3. The molecular formula is C41H40F4N8O5. The first kappa shape index (κ1) is 39.9. The zero-order chi connectivity index (χ0) is 41.3. The number of imide groups is 2. The van der Waals surface area contributed by atoms with E-state index >= 15 is 4.39 Å². The fourth-order valence-electron chi connectivity index (χ4n) is 7.53. The summed E-state index contributed by atoms with van der Waals surface area (Å²) in [5.74, 6) is -3.20. The zero-order valence-electron chi connectivity index (χ0n) is 31.6. The molecule has 5 amide bonds. The van der Waals surface area contributed by atoms with Crippen LogP contribution in [0.4, 0.5) is 46.1 Å². The summed E-state index contributed by atoms with van der Waals surface area (Å²) in [6.07, 6.45) is -2.06. The number of halogens is 4. The largest absolute Gasteiger partial charge is 0.419 e. The van der Waals surface area contributed by atoms with E-state index in [4.69, 9.17) is 0 Å². The molecule has 2 saturated heterocycles. The molecule has 2 fully saturated rings. The van der Waals surface area contributed by atoms with Gasteiger partial charge in [-0.3, -0.25) is 34.2 Å². The number of pyridine rings is 1. The summed E-state index contributed by atoms with van der Waals surface area (Å²) in [5, 5.41) is 13.8. The molecule has 0 radical (unpaired) electrons. The van der Waals surface area contributed by atoms with E-state index in [2.05, 4.69) is 36.5 Å². The van der Waals surface area contributed by atoms with Gasteiger partial charge in [0.25, 0.3) is 17.7 Å². The molecule has 3 aromatic carbocycles. The summed E-state index contributed by atoms with van der Waals surface area (Å²) >= 11 is 0. The molecule has 7 rings (SSSR count). The first-order valence-corrected chi connectivity index (χ1v) is 18.8. The average Bonchev–Trinajstić information content (AvgIpc) is 3.45. The van der Waals surface area contributed by atoms with E-state index in [0.717, 1.165) is 16.2 Å². The maximum absolute atomic E-state index is 15.6. The highest BCUT2D eigenvalue weighted by Gasteiger charge is 2.45. The fraction of sp³-hybridized carbons (Fsp3) is 0.317. The van der Waals surface area contributed by atoms with Crippen LogP contribution in [0, 0.1) is 5.82 Å². The van der Waals surface area contributed by atoms with E-state index in [0.29, 0.717) is 49.8 Å². The minimum absolute atomic E-state index is 0.0330. The van der Waals surface area contributed by atoms with Gasteiger partial charge < -0.3 is 26.2 Å². The van der Waals surface area contributed by atoms with Crippen LogP contribution in [0.2, 0.25) is 0 Å². The van der Waals surface area contributed by atoms with Crippen molar-refractivity contribution in [3.8, 4) is 0 Å². The lowest BCUT2D eigenvalue weighted by atomic mass is 10.0. The van der Waals surface area contributed by atoms with Crippen LogP contribution < -0.4 is 31.5 Å². The third-order valence-corrected chi connectivity index (χ3v) is 10.7. The van der Waals surface area contributed by atoms with Crippen molar-refractivity contribution < 1.29 is 41.5 Å². The lowest BCUT2D eigenvalue weighted by Gasteiger charge is -2.34. The van der Waals surface area contributed by atoms with E-state index in [-0.39, 0.29) is 59.3 Å². The number of carbonyl (C=O) groups excluding carboxylic acids is 5. The molecule has 1 atom stereocenters. The van der Waals surface area contributed by atoms with Crippen molar-refractivity contribution in [2.75, 3.05) is 35.7 Å². The van der Waals surface area contributed by atoms with Crippen molar-refractivity contribution >= 4 is 58.1 Å². The molecule has 1 aromatic heterocycles. The molecule has 3 aliphatic heterocycles. The second kappa shape index (κ2) is 16.2. The number of alkyl halides is 3. The monoisotopic (exact) mass is 800 g/mol. The maximum Gasteiger partial charge on any atom is 0.419 e. The molecule has 0 bridgehead atoms. The summed E-state index contributed by atoms with van der Waals surface area (Å²) in [4.78, 5) is 69.8. The van der Waals surface area contributed by atoms with E-state index in [1.54, 1.807) is 36.4 Å². The lowest BCUT2D eigenvalue weighted by Crippen LogP contribution is -2.54. The Morgan fingerprint density at radius 2 is 1.62 bits per heavy atom.